The molecule has 3 nitrogen and oxygen atoms in total. The van der Waals surface area contributed by atoms with Gasteiger partial charge in [-0.05, 0) is 48.9 Å². The van der Waals surface area contributed by atoms with Gasteiger partial charge in [0.2, 0.25) is 0 Å². The third-order valence-corrected chi connectivity index (χ3v) is 6.01. The molecule has 1 aromatic carbocycles. The Hall–Kier alpha value is -1.65. The van der Waals surface area contributed by atoms with Crippen molar-refractivity contribution in [1.29, 1.82) is 0 Å². The molecule has 2 N–H and O–H groups in total. The minimum Gasteiger partial charge on any atom is -0.321 e. The lowest BCUT2D eigenvalue weighted by molar-refractivity contribution is -0.928. The molecular weight excluding hydrogens is 304 g/mol. The first-order chi connectivity index (χ1) is 11.2. The summed E-state index contributed by atoms with van der Waals surface area (Å²) < 4.78 is 0. The SMILES string of the molecule is Cc1cccc(NC(=O)C[NH+]2CCc3sccc3[C@@H]2C2CC2)c1. The van der Waals surface area contributed by atoms with Crippen molar-refractivity contribution in [1.82, 2.24) is 0 Å². The van der Waals surface area contributed by atoms with Crippen LogP contribution in [0.1, 0.15) is 34.9 Å². The lowest BCUT2D eigenvalue weighted by atomic mass is 9.96. The van der Waals surface area contributed by atoms with Crippen molar-refractivity contribution >= 4 is 22.9 Å². The predicted octanol–water partition coefficient (Wildman–Crippen LogP) is 2.59. The highest BCUT2D eigenvalue weighted by Crippen LogP contribution is 2.42. The van der Waals surface area contributed by atoms with Gasteiger partial charge in [-0.1, -0.05) is 12.1 Å². The van der Waals surface area contributed by atoms with Crippen LogP contribution in [0, 0.1) is 12.8 Å². The molecule has 4 rings (SSSR count). The van der Waals surface area contributed by atoms with Gasteiger partial charge in [-0.15, -0.1) is 11.3 Å². The second-order valence-corrected chi connectivity index (χ2v) is 7.87. The average Bonchev–Trinajstić information content (AvgIpc) is 3.23. The van der Waals surface area contributed by atoms with E-state index in [0.29, 0.717) is 12.6 Å². The van der Waals surface area contributed by atoms with Gasteiger partial charge in [-0.3, -0.25) is 4.79 Å². The Labute approximate surface area is 141 Å². The molecule has 0 spiro atoms. The Kier molecular flexibility index (Phi) is 3.95. The first-order valence-electron chi connectivity index (χ1n) is 8.48. The fourth-order valence-electron chi connectivity index (χ4n) is 3.83. The molecule has 4 heteroatoms. The number of anilines is 1. The summed E-state index contributed by atoms with van der Waals surface area (Å²) in [5.41, 5.74) is 3.60. The highest BCUT2D eigenvalue weighted by molar-refractivity contribution is 7.10. The third-order valence-electron chi connectivity index (χ3n) is 5.01. The van der Waals surface area contributed by atoms with Gasteiger partial charge in [0.1, 0.15) is 6.04 Å². The van der Waals surface area contributed by atoms with Crippen molar-refractivity contribution in [3.8, 4) is 0 Å². The summed E-state index contributed by atoms with van der Waals surface area (Å²) in [6, 6.07) is 10.9. The number of thiophene rings is 1. The molecule has 2 atom stereocenters. The van der Waals surface area contributed by atoms with E-state index in [-0.39, 0.29) is 5.91 Å². The Bertz CT molecular complexity index is 720. The number of carbonyl (C=O) groups excluding carboxylic acids is 1. The lowest BCUT2D eigenvalue weighted by Gasteiger charge is -2.32. The minimum atomic E-state index is 0.134. The zero-order valence-electron chi connectivity index (χ0n) is 13.5. The maximum atomic E-state index is 12.5. The van der Waals surface area contributed by atoms with Crippen LogP contribution in [0.3, 0.4) is 0 Å². The van der Waals surface area contributed by atoms with E-state index in [0.717, 1.165) is 24.6 Å². The highest BCUT2D eigenvalue weighted by Gasteiger charge is 2.43. The zero-order chi connectivity index (χ0) is 15.8. The number of carbonyl (C=O) groups is 1. The van der Waals surface area contributed by atoms with E-state index in [4.69, 9.17) is 0 Å². The van der Waals surface area contributed by atoms with Crippen LogP contribution < -0.4 is 10.2 Å². The fraction of sp³-hybridized carbons (Fsp3) is 0.421. The summed E-state index contributed by atoms with van der Waals surface area (Å²) in [7, 11) is 0. The molecule has 1 fully saturated rings. The minimum absolute atomic E-state index is 0.134. The number of aryl methyl sites for hydroxylation is 1. The molecule has 2 heterocycles. The first-order valence-corrected chi connectivity index (χ1v) is 9.36. The Balaban J connectivity index is 1.46. The predicted molar refractivity (Wildman–Crippen MR) is 94.0 cm³/mol. The number of benzene rings is 1. The lowest BCUT2D eigenvalue weighted by Crippen LogP contribution is -3.14. The van der Waals surface area contributed by atoms with Crippen LogP contribution in [0.5, 0.6) is 0 Å². The molecule has 2 aliphatic rings. The number of hydrogen-bond acceptors (Lipinski definition) is 2. The van der Waals surface area contributed by atoms with Crippen molar-refractivity contribution in [3.05, 3.63) is 51.7 Å². The summed E-state index contributed by atoms with van der Waals surface area (Å²) in [6.07, 6.45) is 3.76. The summed E-state index contributed by atoms with van der Waals surface area (Å²) in [6.45, 7) is 3.70. The van der Waals surface area contributed by atoms with E-state index < -0.39 is 0 Å². The van der Waals surface area contributed by atoms with Gasteiger partial charge in [0.25, 0.3) is 5.91 Å². The summed E-state index contributed by atoms with van der Waals surface area (Å²) in [5, 5.41) is 5.29. The standard InChI is InChI=1S/C19H22N2OS/c1-13-3-2-4-15(11-13)20-18(22)12-21-9-7-17-16(8-10-23-17)19(21)14-5-6-14/h2-4,8,10-11,14,19H,5-7,9,12H2,1H3,(H,20,22)/p+1/t19-/m0/s1. The van der Waals surface area contributed by atoms with Crippen LogP contribution in [-0.2, 0) is 11.2 Å². The maximum absolute atomic E-state index is 12.5. The second-order valence-electron chi connectivity index (χ2n) is 6.87. The number of quaternary nitrogens is 1. The molecule has 1 saturated carbocycles. The summed E-state index contributed by atoms with van der Waals surface area (Å²) in [4.78, 5) is 15.5. The van der Waals surface area contributed by atoms with Gasteiger partial charge < -0.3 is 10.2 Å². The number of fused-ring (bicyclic) bond motifs is 1. The van der Waals surface area contributed by atoms with E-state index in [1.807, 2.05) is 42.5 Å². The fourth-order valence-corrected chi connectivity index (χ4v) is 4.76. The van der Waals surface area contributed by atoms with Crippen molar-refractivity contribution in [2.45, 2.75) is 32.2 Å². The molecule has 0 bridgehead atoms. The molecule has 1 amide bonds. The van der Waals surface area contributed by atoms with Crippen LogP contribution in [0.15, 0.2) is 35.7 Å². The number of hydrogen-bond donors (Lipinski definition) is 2. The van der Waals surface area contributed by atoms with E-state index in [1.165, 1.54) is 28.9 Å². The van der Waals surface area contributed by atoms with Crippen LogP contribution in [0.25, 0.3) is 0 Å². The number of nitrogens with one attached hydrogen (secondary N) is 2. The monoisotopic (exact) mass is 327 g/mol. The first kappa shape index (κ1) is 14.9. The Morgan fingerprint density at radius 3 is 3.00 bits per heavy atom. The van der Waals surface area contributed by atoms with Crippen LogP contribution in [0.2, 0.25) is 0 Å². The van der Waals surface area contributed by atoms with Crippen molar-refractivity contribution in [2.75, 3.05) is 18.4 Å². The molecule has 23 heavy (non-hydrogen) atoms. The van der Waals surface area contributed by atoms with Crippen molar-refractivity contribution in [3.63, 3.8) is 0 Å². The summed E-state index contributed by atoms with van der Waals surface area (Å²) >= 11 is 1.89. The van der Waals surface area contributed by atoms with Crippen LogP contribution in [-0.4, -0.2) is 19.0 Å². The van der Waals surface area contributed by atoms with Gasteiger partial charge in [0.05, 0.1) is 6.54 Å². The molecular formula is C19H23N2OS+. The van der Waals surface area contributed by atoms with E-state index in [1.54, 1.807) is 4.88 Å². The number of rotatable bonds is 4. The average molecular weight is 327 g/mol. The molecule has 2 aromatic rings. The van der Waals surface area contributed by atoms with Gasteiger partial charge in [0, 0.05) is 28.5 Å². The smallest absolute Gasteiger partial charge is 0.279 e. The largest absolute Gasteiger partial charge is 0.321 e. The maximum Gasteiger partial charge on any atom is 0.279 e. The van der Waals surface area contributed by atoms with Gasteiger partial charge >= 0.3 is 0 Å². The molecule has 0 radical (unpaired) electrons. The topological polar surface area (TPSA) is 33.5 Å². The number of amides is 1. The Morgan fingerprint density at radius 2 is 2.22 bits per heavy atom. The molecule has 1 aliphatic carbocycles. The van der Waals surface area contributed by atoms with E-state index in [9.17, 15) is 4.79 Å². The van der Waals surface area contributed by atoms with Crippen molar-refractivity contribution < 1.29 is 9.69 Å². The molecule has 0 saturated heterocycles. The molecule has 1 aliphatic heterocycles. The zero-order valence-corrected chi connectivity index (χ0v) is 14.3. The molecule has 1 unspecified atom stereocenters. The van der Waals surface area contributed by atoms with Crippen LogP contribution >= 0.6 is 11.3 Å². The quantitative estimate of drug-likeness (QED) is 0.889. The van der Waals surface area contributed by atoms with Gasteiger partial charge in [-0.2, -0.15) is 0 Å². The third kappa shape index (κ3) is 3.19. The second kappa shape index (κ2) is 6.10. The molecule has 1 aromatic heterocycles. The van der Waals surface area contributed by atoms with Crippen molar-refractivity contribution in [2.24, 2.45) is 5.92 Å². The molecule has 120 valence electrons. The normalized spacial score (nSPS) is 23.3. The van der Waals surface area contributed by atoms with Gasteiger partial charge in [-0.25, -0.2) is 0 Å². The highest BCUT2D eigenvalue weighted by atomic mass is 32.1. The van der Waals surface area contributed by atoms with E-state index in [2.05, 4.69) is 16.8 Å². The van der Waals surface area contributed by atoms with Gasteiger partial charge in [0.15, 0.2) is 6.54 Å². The Morgan fingerprint density at radius 1 is 1.35 bits per heavy atom. The van der Waals surface area contributed by atoms with Crippen LogP contribution in [0.4, 0.5) is 5.69 Å². The summed E-state index contributed by atoms with van der Waals surface area (Å²) in [5.74, 6) is 0.917. The van der Waals surface area contributed by atoms with E-state index >= 15 is 0 Å².